The van der Waals surface area contributed by atoms with Crippen molar-refractivity contribution in [1.82, 2.24) is 4.98 Å². The molecule has 20 heteroatoms. The Kier molecular flexibility index (Phi) is 18.3. The van der Waals surface area contributed by atoms with Gasteiger partial charge >= 0.3 is 254 Å². The van der Waals surface area contributed by atoms with Crippen molar-refractivity contribution in [3.63, 3.8) is 0 Å². The van der Waals surface area contributed by atoms with Gasteiger partial charge in [-0.3, -0.25) is 0 Å². The molecule has 0 radical (unpaired) electrons. The zero-order valence-corrected chi connectivity index (χ0v) is 33.5. The number of benzene rings is 5. The summed E-state index contributed by atoms with van der Waals surface area (Å²) in [5, 5.41) is -0.308. The van der Waals surface area contributed by atoms with Crippen LogP contribution in [0.1, 0.15) is 14.9 Å². The van der Waals surface area contributed by atoms with Gasteiger partial charge in [-0.15, -0.1) is 13.2 Å². The molecule has 4 N–H and O–H groups in total. The molecule has 0 aliphatic heterocycles. The number of anilines is 2. The van der Waals surface area contributed by atoms with E-state index in [2.05, 4.69) is 14.5 Å². The summed E-state index contributed by atoms with van der Waals surface area (Å²) in [6, 6.07) is 20.8. The number of methoxy groups -OCH3 is 1. The Morgan fingerprint density at radius 2 is 1.09 bits per heavy atom. The Morgan fingerprint density at radius 3 is 1.54 bits per heavy atom. The maximum absolute atomic E-state index is 13.2. The normalized spacial score (nSPS) is 10.9. The molecule has 1 heterocycles. The van der Waals surface area contributed by atoms with E-state index < -0.39 is 24.2 Å². The SMILES string of the molecule is C.C.COc1ccc(OC(F)(F)F)c(Cl)c1.Fc1ccc2[se]c(-c3ccc(OC(F)(F)F)c(Cl)c3)nc2c1.Nc1cc(F)ccc1[Se][Se]c1ccc(F)cc1N. The van der Waals surface area contributed by atoms with Crippen LogP contribution in [0.5, 0.6) is 17.2 Å². The van der Waals surface area contributed by atoms with Crippen molar-refractivity contribution < 1.29 is 53.7 Å². The molecule has 6 nitrogen and oxygen atoms in total. The van der Waals surface area contributed by atoms with Crippen LogP contribution in [-0.2, 0) is 0 Å². The third-order valence-electron chi connectivity index (χ3n) is 6.28. The van der Waals surface area contributed by atoms with Gasteiger partial charge in [0.05, 0.1) is 12.1 Å². The van der Waals surface area contributed by atoms with Gasteiger partial charge in [-0.2, -0.15) is 0 Å². The number of hydrogen-bond acceptors (Lipinski definition) is 6. The molecule has 0 aliphatic rings. The van der Waals surface area contributed by atoms with E-state index in [-0.39, 0.29) is 83.1 Å². The third-order valence-corrected chi connectivity index (χ3v) is 16.5. The van der Waals surface area contributed by atoms with Crippen molar-refractivity contribution in [2.24, 2.45) is 0 Å². The molecular weight excluding hydrogens is 1000 g/mol. The first-order valence-electron chi connectivity index (χ1n) is 14.5. The van der Waals surface area contributed by atoms with Crippen LogP contribution in [0, 0.1) is 17.5 Å². The summed E-state index contributed by atoms with van der Waals surface area (Å²) in [7, 11) is 1.38. The average molecular weight is 1030 g/mol. The van der Waals surface area contributed by atoms with Crippen LogP contribution in [0.2, 0.25) is 10.0 Å². The third kappa shape index (κ3) is 15.0. The molecule has 0 saturated heterocycles. The van der Waals surface area contributed by atoms with E-state index in [0.717, 1.165) is 25.3 Å². The van der Waals surface area contributed by atoms with Crippen LogP contribution < -0.4 is 34.6 Å². The molecule has 302 valence electrons. The summed E-state index contributed by atoms with van der Waals surface area (Å²) in [6.45, 7) is 0. The Hall–Kier alpha value is -3.72. The summed E-state index contributed by atoms with van der Waals surface area (Å²) in [6.07, 6.45) is -9.54. The summed E-state index contributed by atoms with van der Waals surface area (Å²) in [4.78, 5) is 4.31. The molecule has 6 rings (SSSR count). The molecular formula is C36H30Cl2F9N3O3Se3. The number of ether oxygens (including phenoxy) is 3. The number of nitrogen functional groups attached to an aromatic ring is 2. The number of halogens is 11. The second-order valence-corrected chi connectivity index (χ2v) is 19.4. The van der Waals surface area contributed by atoms with Gasteiger partial charge in [0.25, 0.3) is 0 Å². The number of nitrogens with zero attached hydrogens (tertiary/aromatic N) is 1. The van der Waals surface area contributed by atoms with Crippen LogP contribution in [0.25, 0.3) is 19.9 Å². The predicted octanol–water partition coefficient (Wildman–Crippen LogP) is 9.57. The molecule has 56 heavy (non-hydrogen) atoms. The first-order valence-corrected chi connectivity index (χ1v) is 23.0. The Bertz CT molecular complexity index is 2180. The Morgan fingerprint density at radius 1 is 0.625 bits per heavy atom. The topological polar surface area (TPSA) is 92.6 Å². The van der Waals surface area contributed by atoms with E-state index in [1.807, 2.05) is 0 Å². The molecule has 0 amide bonds. The molecule has 0 bridgehead atoms. The Labute approximate surface area is 342 Å². The standard InChI is InChI=1S/C14H6ClF4NOSe.C12H10F2N2Se2.C8H6ClF3O2.2CH4/c15-9-5-7(1-3-11(9)21-14(17,18)19)13-20-10-6-8(16)2-4-12(10)22-13;13-7-1-3-11(9(15)5-7)17-18-12-4-2-8(14)6-10(12)16;1-13-5-2-3-7(6(9)4-5)14-8(10,11)12;;/h1-6H;1-6H,15-16H2;2-4H,1H3;2*1H4. The fourth-order valence-corrected chi connectivity index (χ4v) is 13.2. The van der Waals surface area contributed by atoms with Gasteiger partial charge in [0.1, 0.15) is 11.5 Å². The quantitative estimate of drug-likeness (QED) is 0.0941. The number of fused-ring (bicyclic) bond motifs is 1. The minimum atomic E-state index is -4.80. The maximum atomic E-state index is 13.2. The van der Waals surface area contributed by atoms with E-state index >= 15 is 0 Å². The van der Waals surface area contributed by atoms with Gasteiger partial charge in [-0.25, -0.2) is 0 Å². The fraction of sp³-hybridized carbons (Fsp3) is 0.139. The fourth-order valence-electron chi connectivity index (χ4n) is 3.96. The molecule has 1 aromatic heterocycles. The van der Waals surface area contributed by atoms with Crippen LogP contribution in [0.15, 0.2) is 91.0 Å². The van der Waals surface area contributed by atoms with Crippen LogP contribution in [0.4, 0.5) is 50.9 Å². The zero-order chi connectivity index (χ0) is 39.8. The first kappa shape index (κ1) is 48.4. The number of nitrogens with two attached hydrogens (primary N) is 2. The molecule has 0 unspecified atom stereocenters. The number of alkyl halides is 6. The number of rotatable bonds is 7. The van der Waals surface area contributed by atoms with Crippen LogP contribution in [-0.4, -0.2) is 65.6 Å². The molecule has 0 aliphatic carbocycles. The molecule has 0 spiro atoms. The van der Waals surface area contributed by atoms with Gasteiger partial charge in [0.15, 0.2) is 0 Å². The van der Waals surface area contributed by atoms with Crippen molar-refractivity contribution in [3.8, 4) is 27.4 Å². The van der Waals surface area contributed by atoms with Gasteiger partial charge < -0.3 is 9.47 Å². The van der Waals surface area contributed by atoms with Crippen molar-refractivity contribution in [3.05, 3.63) is 118 Å². The van der Waals surface area contributed by atoms with E-state index in [9.17, 15) is 39.5 Å². The number of aromatic nitrogens is 1. The number of hydrogen-bond donors (Lipinski definition) is 2. The van der Waals surface area contributed by atoms with E-state index in [1.165, 1.54) is 67.8 Å². The van der Waals surface area contributed by atoms with Gasteiger partial charge in [-0.05, 0) is 12.1 Å². The van der Waals surface area contributed by atoms with Crippen molar-refractivity contribution >= 4 is 94.0 Å². The second-order valence-electron chi connectivity index (χ2n) is 10.2. The Balaban J connectivity index is 0.000000292. The van der Waals surface area contributed by atoms with Crippen molar-refractivity contribution in [1.29, 1.82) is 0 Å². The summed E-state index contributed by atoms with van der Waals surface area (Å²) in [5.74, 6) is -1.59. The molecule has 0 atom stereocenters. The van der Waals surface area contributed by atoms with E-state index in [0.29, 0.717) is 32.8 Å². The first-order chi connectivity index (χ1) is 25.3. The van der Waals surface area contributed by atoms with Crippen molar-refractivity contribution in [2.75, 3.05) is 18.6 Å². The molecule has 6 aromatic rings. The monoisotopic (exact) mass is 1030 g/mol. The van der Waals surface area contributed by atoms with Gasteiger partial charge in [-0.1, -0.05) is 26.5 Å². The molecule has 0 fully saturated rings. The minimum absolute atomic E-state index is 0. The van der Waals surface area contributed by atoms with Crippen LogP contribution in [0.3, 0.4) is 0 Å². The molecule has 0 saturated carbocycles. The zero-order valence-electron chi connectivity index (χ0n) is 26.9. The van der Waals surface area contributed by atoms with E-state index in [4.69, 9.17) is 39.4 Å². The van der Waals surface area contributed by atoms with Crippen LogP contribution >= 0.6 is 23.2 Å². The van der Waals surface area contributed by atoms with E-state index in [1.54, 1.807) is 18.2 Å². The van der Waals surface area contributed by atoms with Gasteiger partial charge in [0, 0.05) is 6.07 Å². The predicted molar refractivity (Wildman–Crippen MR) is 206 cm³/mol. The molecule has 5 aromatic carbocycles. The van der Waals surface area contributed by atoms with Gasteiger partial charge in [0.2, 0.25) is 0 Å². The average Bonchev–Trinajstić information content (AvgIpc) is 3.50. The summed E-state index contributed by atoms with van der Waals surface area (Å²) < 4.78 is 127. The summed E-state index contributed by atoms with van der Waals surface area (Å²) >= 11 is 11.4. The van der Waals surface area contributed by atoms with Crippen molar-refractivity contribution in [2.45, 2.75) is 27.6 Å². The second kappa shape index (κ2) is 21.2. The summed E-state index contributed by atoms with van der Waals surface area (Å²) in [5.41, 5.74) is 13.6.